The predicted octanol–water partition coefficient (Wildman–Crippen LogP) is 7.81. The summed E-state index contributed by atoms with van der Waals surface area (Å²) in [5.74, 6) is 0.145. The number of hydrogen-bond acceptors (Lipinski definition) is 7. The molecule has 0 radical (unpaired) electrons. The fourth-order valence-corrected chi connectivity index (χ4v) is 5.93. The number of aromatic nitrogens is 1. The zero-order chi connectivity index (χ0) is 30.8. The smallest absolute Gasteiger partial charge is 0.345 e. The Morgan fingerprint density at radius 1 is 0.733 bits per heavy atom. The van der Waals surface area contributed by atoms with Gasteiger partial charge in [-0.15, -0.1) is 0 Å². The van der Waals surface area contributed by atoms with Crippen molar-refractivity contribution in [3.8, 4) is 10.4 Å². The molecule has 4 aromatic carbocycles. The number of benzene rings is 4. The van der Waals surface area contributed by atoms with Crippen molar-refractivity contribution >= 4 is 50.2 Å². The minimum absolute atomic E-state index is 0.157. The van der Waals surface area contributed by atoms with Gasteiger partial charge in [0.25, 0.3) is 0 Å². The van der Waals surface area contributed by atoms with Crippen molar-refractivity contribution in [3.05, 3.63) is 154 Å². The van der Waals surface area contributed by atoms with Gasteiger partial charge in [-0.25, -0.2) is 14.6 Å². The summed E-state index contributed by atoms with van der Waals surface area (Å²) >= 11 is 1.19. The van der Waals surface area contributed by atoms with Crippen LogP contribution in [0.15, 0.2) is 129 Å². The van der Waals surface area contributed by atoms with E-state index in [1.54, 1.807) is 36.5 Å². The SMILES string of the molecule is O=C(NCc1ccccc1)Nc1ncc(-c2cc3cc(Cc4ccc5oc(C(=O)c6ccccc6)cc5c4)ccc3oc2=O)s1. The van der Waals surface area contributed by atoms with Gasteiger partial charge in [-0.1, -0.05) is 84.1 Å². The number of anilines is 1. The molecule has 2 amide bonds. The second-order valence-electron chi connectivity index (χ2n) is 10.5. The molecule has 0 aliphatic carbocycles. The molecule has 9 heteroatoms. The Hall–Kier alpha value is -5.80. The average Bonchev–Trinajstić information content (AvgIpc) is 3.71. The highest BCUT2D eigenvalue weighted by Gasteiger charge is 2.16. The number of rotatable bonds is 8. The van der Waals surface area contributed by atoms with Gasteiger partial charge in [-0.2, -0.15) is 0 Å². The molecule has 0 fully saturated rings. The summed E-state index contributed by atoms with van der Waals surface area (Å²) in [5.41, 5.74) is 4.63. The van der Waals surface area contributed by atoms with Gasteiger partial charge >= 0.3 is 11.7 Å². The molecule has 0 saturated carbocycles. The summed E-state index contributed by atoms with van der Waals surface area (Å²) in [6.07, 6.45) is 2.18. The predicted molar refractivity (Wildman–Crippen MR) is 175 cm³/mol. The van der Waals surface area contributed by atoms with Crippen molar-refractivity contribution in [2.45, 2.75) is 13.0 Å². The van der Waals surface area contributed by atoms with E-state index in [0.717, 1.165) is 27.5 Å². The number of urea groups is 1. The van der Waals surface area contributed by atoms with E-state index in [2.05, 4.69) is 15.6 Å². The maximum Gasteiger partial charge on any atom is 0.345 e. The standard InChI is InChI=1S/C36H25N3O5S/c40-33(25-9-5-2-6-10-25)31-19-27-17-24(11-13-29(27)43-31)15-23-12-14-30-26(16-23)18-28(34(41)44-30)32-21-38-36(45-32)39-35(42)37-20-22-7-3-1-4-8-22/h1-14,16-19,21H,15,20H2,(H2,37,38,39,42). The molecule has 7 rings (SSSR count). The van der Waals surface area contributed by atoms with Crippen LogP contribution in [0.4, 0.5) is 9.93 Å². The van der Waals surface area contributed by atoms with E-state index in [1.807, 2.05) is 78.9 Å². The van der Waals surface area contributed by atoms with Crippen LogP contribution < -0.4 is 16.3 Å². The number of amides is 2. The molecule has 7 aromatic rings. The summed E-state index contributed by atoms with van der Waals surface area (Å²) in [6.45, 7) is 0.381. The first-order valence-electron chi connectivity index (χ1n) is 14.2. The van der Waals surface area contributed by atoms with Gasteiger partial charge in [-0.05, 0) is 59.5 Å². The second-order valence-corrected chi connectivity index (χ2v) is 11.5. The van der Waals surface area contributed by atoms with E-state index in [1.165, 1.54) is 11.3 Å². The minimum atomic E-state index is -0.481. The monoisotopic (exact) mass is 611 g/mol. The molecule has 45 heavy (non-hydrogen) atoms. The zero-order valence-electron chi connectivity index (χ0n) is 23.8. The summed E-state index contributed by atoms with van der Waals surface area (Å²) in [4.78, 5) is 42.9. The van der Waals surface area contributed by atoms with Gasteiger partial charge in [0.2, 0.25) is 5.78 Å². The molecule has 3 aromatic heterocycles. The molecule has 0 aliphatic heterocycles. The molecule has 8 nitrogen and oxygen atoms in total. The fourth-order valence-electron chi connectivity index (χ4n) is 5.11. The van der Waals surface area contributed by atoms with Gasteiger partial charge in [0.05, 0.1) is 10.4 Å². The molecule has 0 bridgehead atoms. The lowest BCUT2D eigenvalue weighted by atomic mass is 10.0. The van der Waals surface area contributed by atoms with Crippen molar-refractivity contribution in [3.63, 3.8) is 0 Å². The number of nitrogens with zero attached hydrogens (tertiary/aromatic N) is 1. The first kappa shape index (κ1) is 28.0. The lowest BCUT2D eigenvalue weighted by Gasteiger charge is -2.06. The topological polar surface area (TPSA) is 114 Å². The van der Waals surface area contributed by atoms with Crippen LogP contribution >= 0.6 is 11.3 Å². The number of thiazole rings is 1. The molecule has 0 saturated heterocycles. The van der Waals surface area contributed by atoms with Crippen molar-refractivity contribution in [2.75, 3.05) is 5.32 Å². The van der Waals surface area contributed by atoms with Crippen molar-refractivity contribution in [2.24, 2.45) is 0 Å². The second kappa shape index (κ2) is 12.1. The van der Waals surface area contributed by atoms with E-state index in [-0.39, 0.29) is 11.8 Å². The van der Waals surface area contributed by atoms with Crippen LogP contribution in [0.25, 0.3) is 32.4 Å². The Kier molecular flexibility index (Phi) is 7.51. The van der Waals surface area contributed by atoms with E-state index in [9.17, 15) is 14.4 Å². The van der Waals surface area contributed by atoms with Crippen LogP contribution in [0.3, 0.4) is 0 Å². The van der Waals surface area contributed by atoms with Gasteiger partial charge in [0, 0.05) is 29.1 Å². The van der Waals surface area contributed by atoms with E-state index >= 15 is 0 Å². The number of ketones is 1. The minimum Gasteiger partial charge on any atom is -0.453 e. The number of carbonyl (C=O) groups excluding carboxylic acids is 2. The third kappa shape index (κ3) is 6.15. The summed E-state index contributed by atoms with van der Waals surface area (Å²) in [7, 11) is 0. The van der Waals surface area contributed by atoms with E-state index in [4.69, 9.17) is 8.83 Å². The van der Waals surface area contributed by atoms with Crippen LogP contribution in [0.1, 0.15) is 32.8 Å². The van der Waals surface area contributed by atoms with Crippen molar-refractivity contribution in [1.29, 1.82) is 0 Å². The molecular weight excluding hydrogens is 586 g/mol. The molecule has 220 valence electrons. The van der Waals surface area contributed by atoms with Gasteiger partial charge < -0.3 is 14.2 Å². The zero-order valence-corrected chi connectivity index (χ0v) is 24.6. The van der Waals surface area contributed by atoms with Crippen LogP contribution in [-0.2, 0) is 13.0 Å². The highest BCUT2D eigenvalue weighted by molar-refractivity contribution is 7.19. The number of hydrogen-bond donors (Lipinski definition) is 2. The van der Waals surface area contributed by atoms with Gasteiger partial charge in [0.15, 0.2) is 10.9 Å². The van der Waals surface area contributed by atoms with Crippen LogP contribution in [0, 0.1) is 0 Å². The fraction of sp³-hybridized carbons (Fsp3) is 0.0556. The number of nitrogens with one attached hydrogen (secondary N) is 2. The highest BCUT2D eigenvalue weighted by Crippen LogP contribution is 2.30. The number of furan rings is 1. The van der Waals surface area contributed by atoms with Crippen LogP contribution in [-0.4, -0.2) is 16.8 Å². The lowest BCUT2D eigenvalue weighted by Crippen LogP contribution is -2.28. The molecule has 0 aliphatic rings. The molecule has 0 unspecified atom stereocenters. The van der Waals surface area contributed by atoms with Gasteiger partial charge in [0.1, 0.15) is 11.2 Å². The Morgan fingerprint density at radius 3 is 2.13 bits per heavy atom. The Morgan fingerprint density at radius 2 is 1.40 bits per heavy atom. The first-order chi connectivity index (χ1) is 22.0. The highest BCUT2D eigenvalue weighted by atomic mass is 32.1. The van der Waals surface area contributed by atoms with E-state index in [0.29, 0.717) is 51.0 Å². The Balaban J connectivity index is 1.07. The third-order valence-corrected chi connectivity index (χ3v) is 8.28. The first-order valence-corrected chi connectivity index (χ1v) is 15.0. The number of fused-ring (bicyclic) bond motifs is 2. The molecule has 0 spiro atoms. The third-order valence-electron chi connectivity index (χ3n) is 7.33. The molecule has 0 atom stereocenters. The summed E-state index contributed by atoms with van der Waals surface area (Å²) in [5, 5.41) is 7.51. The normalized spacial score (nSPS) is 11.1. The largest absolute Gasteiger partial charge is 0.453 e. The Labute approximate surface area is 261 Å². The number of carbonyl (C=O) groups is 2. The maximum atomic E-state index is 12.8. The van der Waals surface area contributed by atoms with E-state index < -0.39 is 5.63 Å². The van der Waals surface area contributed by atoms with Crippen LogP contribution in [0.2, 0.25) is 0 Å². The summed E-state index contributed by atoms with van der Waals surface area (Å²) < 4.78 is 11.5. The van der Waals surface area contributed by atoms with Crippen LogP contribution in [0.5, 0.6) is 0 Å². The molecule has 2 N–H and O–H groups in total. The Bertz CT molecular complexity index is 2240. The maximum absolute atomic E-state index is 12.8. The van der Waals surface area contributed by atoms with Gasteiger partial charge in [-0.3, -0.25) is 10.1 Å². The summed E-state index contributed by atoms with van der Waals surface area (Å²) in [6, 6.07) is 33.4. The lowest BCUT2D eigenvalue weighted by molar-refractivity contribution is 0.101. The van der Waals surface area contributed by atoms with Crippen molar-refractivity contribution in [1.82, 2.24) is 10.3 Å². The average molecular weight is 612 g/mol. The molecular formula is C36H25N3O5S. The van der Waals surface area contributed by atoms with Crippen molar-refractivity contribution < 1.29 is 18.4 Å². The molecule has 3 heterocycles. The quantitative estimate of drug-likeness (QED) is 0.134.